The molecule has 1 saturated heterocycles. The molecule has 2 aliphatic rings. The van der Waals surface area contributed by atoms with Crippen LogP contribution in [0.2, 0.25) is 5.02 Å². The van der Waals surface area contributed by atoms with E-state index in [9.17, 15) is 27.2 Å². The number of rotatable bonds is 11. The molecule has 4 aromatic rings. The van der Waals surface area contributed by atoms with Crippen LogP contribution in [-0.2, 0) is 15.1 Å². The largest absolute Gasteiger partial charge is 0.447 e. The van der Waals surface area contributed by atoms with Gasteiger partial charge in [-0.25, -0.2) is 41.4 Å². The predicted molar refractivity (Wildman–Crippen MR) is 187 cm³/mol. The molecule has 3 N–H and O–H groups in total. The van der Waals surface area contributed by atoms with E-state index in [4.69, 9.17) is 21.7 Å². The van der Waals surface area contributed by atoms with Crippen molar-refractivity contribution in [3.8, 4) is 16.1 Å². The number of amides is 2. The molecule has 0 radical (unpaired) electrons. The van der Waals surface area contributed by atoms with Crippen LogP contribution >= 0.6 is 22.9 Å². The summed E-state index contributed by atoms with van der Waals surface area (Å²) in [6, 6.07) is 7.15. The number of thiazole rings is 1. The molecule has 2 aromatic heterocycles. The van der Waals surface area contributed by atoms with Gasteiger partial charge in [0.15, 0.2) is 11.8 Å². The van der Waals surface area contributed by atoms with Crippen molar-refractivity contribution in [3.63, 3.8) is 0 Å². The first-order valence-electron chi connectivity index (χ1n) is 16.5. The fraction of sp³-hybridized carbons (Fsp3) is 0.429. The second kappa shape index (κ2) is 13.6. The first kappa shape index (κ1) is 38.1. The van der Waals surface area contributed by atoms with E-state index in [-0.39, 0.29) is 41.1 Å². The summed E-state index contributed by atoms with van der Waals surface area (Å²) < 4.78 is 78.9. The molecule has 2 aromatic carbocycles. The van der Waals surface area contributed by atoms with E-state index >= 15 is 4.39 Å². The van der Waals surface area contributed by atoms with E-state index in [0.29, 0.717) is 18.2 Å². The van der Waals surface area contributed by atoms with Crippen LogP contribution in [0.15, 0.2) is 48.2 Å². The Morgan fingerprint density at radius 3 is 2.45 bits per heavy atom. The highest BCUT2D eigenvalue weighted by Gasteiger charge is 2.61. The Morgan fingerprint density at radius 2 is 1.87 bits per heavy atom. The Balaban J connectivity index is 1.43. The van der Waals surface area contributed by atoms with Gasteiger partial charge in [0.25, 0.3) is 18.3 Å². The molecule has 1 aliphatic carbocycles. The fourth-order valence-corrected chi connectivity index (χ4v) is 7.68. The van der Waals surface area contributed by atoms with Crippen molar-refractivity contribution in [2.75, 3.05) is 6.61 Å². The summed E-state index contributed by atoms with van der Waals surface area (Å²) in [6.45, 7) is 7.32. The molecule has 1 aliphatic heterocycles. The van der Waals surface area contributed by atoms with Gasteiger partial charge in [0.2, 0.25) is 0 Å². The minimum Gasteiger partial charge on any atom is -0.447 e. The van der Waals surface area contributed by atoms with E-state index in [1.54, 1.807) is 18.5 Å². The summed E-state index contributed by atoms with van der Waals surface area (Å²) in [5, 5.41) is 18.1. The van der Waals surface area contributed by atoms with Crippen molar-refractivity contribution in [1.82, 2.24) is 35.3 Å². The van der Waals surface area contributed by atoms with Crippen LogP contribution in [0.3, 0.4) is 0 Å². The van der Waals surface area contributed by atoms with Crippen LogP contribution in [0, 0.1) is 23.6 Å². The number of nitrogens with zero attached hydrogens (tertiary/aromatic N) is 5. The summed E-state index contributed by atoms with van der Waals surface area (Å²) in [5.74, 6) is -5.97. The molecular weight excluding hydrogens is 743 g/mol. The van der Waals surface area contributed by atoms with Gasteiger partial charge in [-0.2, -0.15) is 5.10 Å². The average molecular weight is 779 g/mol. The number of halogens is 6. The van der Waals surface area contributed by atoms with Gasteiger partial charge in [0, 0.05) is 12.5 Å². The average Bonchev–Trinajstić information content (AvgIpc) is 3.37. The van der Waals surface area contributed by atoms with Crippen molar-refractivity contribution < 1.29 is 36.3 Å². The smallest absolute Gasteiger partial charge is 0.407 e. The van der Waals surface area contributed by atoms with Crippen LogP contribution in [0.4, 0.5) is 26.7 Å². The number of ether oxygens (including phenoxy) is 1. The summed E-state index contributed by atoms with van der Waals surface area (Å²) in [4.78, 5) is 37.5. The fourth-order valence-electron chi connectivity index (χ4n) is 6.68. The predicted octanol–water partition coefficient (Wildman–Crippen LogP) is 8.08. The van der Waals surface area contributed by atoms with Crippen molar-refractivity contribution in [2.45, 2.75) is 83.3 Å². The van der Waals surface area contributed by atoms with E-state index in [1.165, 1.54) is 41.7 Å². The number of hydrogen-bond donors (Lipinski definition) is 3. The van der Waals surface area contributed by atoms with Crippen molar-refractivity contribution in [3.05, 3.63) is 81.7 Å². The van der Waals surface area contributed by atoms with Gasteiger partial charge in [-0.15, -0.1) is 11.3 Å². The highest BCUT2D eigenvalue weighted by Crippen LogP contribution is 2.48. The second-order valence-electron chi connectivity index (χ2n) is 14.5. The molecule has 2 amide bonds. The molecular formula is C35H36ClF5N8O3S. The number of alkyl carbamates (subject to hydrolysis) is 1. The van der Waals surface area contributed by atoms with Crippen LogP contribution < -0.4 is 10.6 Å². The molecule has 2 fully saturated rings. The number of aromatic nitrogens is 4. The third-order valence-corrected chi connectivity index (χ3v) is 10.7. The van der Waals surface area contributed by atoms with Crippen molar-refractivity contribution >= 4 is 40.9 Å². The Labute approximate surface area is 310 Å². The Bertz CT molecular complexity index is 2080. The third-order valence-electron chi connectivity index (χ3n) is 9.36. The Kier molecular flexibility index (Phi) is 9.81. The van der Waals surface area contributed by atoms with Gasteiger partial charge < -0.3 is 15.4 Å². The summed E-state index contributed by atoms with van der Waals surface area (Å²) >= 11 is 7.76. The summed E-state index contributed by atoms with van der Waals surface area (Å²) in [5.41, 5.74) is -1.36. The first-order chi connectivity index (χ1) is 24.8. The highest BCUT2D eigenvalue weighted by molar-refractivity contribution is 7.13. The topological polar surface area (TPSA) is 138 Å². The first-order valence-corrected chi connectivity index (χ1v) is 17.7. The van der Waals surface area contributed by atoms with E-state index in [0.717, 1.165) is 20.8 Å². The minimum atomic E-state index is -3.25. The number of carbonyl (C=O) groups excluding carboxylic acids is 2. The van der Waals surface area contributed by atoms with Gasteiger partial charge >= 0.3 is 6.09 Å². The number of carbonyl (C=O) groups is 2. The van der Waals surface area contributed by atoms with Gasteiger partial charge in [-0.3, -0.25) is 15.1 Å². The highest BCUT2D eigenvalue weighted by atomic mass is 35.5. The van der Waals surface area contributed by atoms with Crippen LogP contribution in [0.25, 0.3) is 16.1 Å². The molecule has 0 unspecified atom stereocenters. The molecule has 11 nitrogen and oxygen atoms in total. The van der Waals surface area contributed by atoms with Gasteiger partial charge in [-0.05, 0) is 60.9 Å². The molecule has 6 rings (SSSR count). The molecule has 282 valence electrons. The third kappa shape index (κ3) is 7.20. The lowest BCUT2D eigenvalue weighted by Gasteiger charge is -2.35. The standard InChI is InChI=1S/C35H36ClF5N8O3S/c1-18-26(53-17-44-18)20-6-8-21(23(37)12-20)35(15-32(2,3)4)29(50)48(30(42)46-35)25(14-52-31(51)47-34(10-11-34)33(5,40)41)19-7-9-22(36)24(13-19)49-28(27(38)39)43-16-45-49/h6-9,12-13,16-17,25,27H,10-11,14-15H2,1-5H3,(H2,42,46)(H,47,51)/t25-,35-/m1/s1. The molecule has 2 atom stereocenters. The molecule has 0 bridgehead atoms. The zero-order valence-corrected chi connectivity index (χ0v) is 30.8. The normalized spacial score (nSPS) is 19.1. The lowest BCUT2D eigenvalue weighted by atomic mass is 9.75. The zero-order valence-electron chi connectivity index (χ0n) is 29.2. The Hall–Kier alpha value is -4.64. The number of aryl methyl sites for hydroxylation is 1. The van der Waals surface area contributed by atoms with Crippen LogP contribution in [0.1, 0.15) is 82.1 Å². The lowest BCUT2D eigenvalue weighted by Crippen LogP contribution is -2.49. The van der Waals surface area contributed by atoms with Gasteiger partial charge in [0.05, 0.1) is 32.8 Å². The lowest BCUT2D eigenvalue weighted by molar-refractivity contribution is -0.135. The molecule has 3 heterocycles. The SMILES string of the molecule is Cc1ncsc1-c1ccc([C@@]2(CC(C)(C)C)NC(=N)N([C@H](COC(=O)NC3(C(C)(F)F)CC3)c3ccc(Cl)c(-n4ncnc4C(F)F)c3)C2=O)c(F)c1. The van der Waals surface area contributed by atoms with E-state index < -0.39 is 71.1 Å². The van der Waals surface area contributed by atoms with E-state index in [2.05, 4.69) is 25.7 Å². The maximum Gasteiger partial charge on any atom is 0.407 e. The second-order valence-corrected chi connectivity index (χ2v) is 15.8. The molecule has 1 saturated carbocycles. The van der Waals surface area contributed by atoms with Gasteiger partial charge in [-0.1, -0.05) is 50.6 Å². The van der Waals surface area contributed by atoms with Gasteiger partial charge in [0.1, 0.15) is 29.8 Å². The number of alkyl halides is 4. The maximum atomic E-state index is 16.3. The summed E-state index contributed by atoms with van der Waals surface area (Å²) in [6.07, 6.45) is -3.30. The molecule has 18 heteroatoms. The molecule has 53 heavy (non-hydrogen) atoms. The monoisotopic (exact) mass is 778 g/mol. The van der Waals surface area contributed by atoms with Crippen LogP contribution in [-0.4, -0.2) is 60.7 Å². The zero-order chi connectivity index (χ0) is 38.7. The quantitative estimate of drug-likeness (QED) is 0.131. The van der Waals surface area contributed by atoms with E-state index in [1.807, 2.05) is 20.8 Å². The minimum absolute atomic E-state index is 0.00168. The van der Waals surface area contributed by atoms with Crippen LogP contribution in [0.5, 0.6) is 0 Å². The number of hydrogen-bond acceptors (Lipinski definition) is 8. The van der Waals surface area contributed by atoms with Crippen molar-refractivity contribution in [1.29, 1.82) is 5.41 Å². The number of benzene rings is 2. The number of guanidine groups is 1. The summed E-state index contributed by atoms with van der Waals surface area (Å²) in [7, 11) is 0. The maximum absolute atomic E-state index is 16.3. The molecule has 0 spiro atoms. The number of nitrogens with one attached hydrogen (secondary N) is 3. The van der Waals surface area contributed by atoms with Crippen molar-refractivity contribution in [2.24, 2.45) is 5.41 Å². The Morgan fingerprint density at radius 1 is 1.15 bits per heavy atom.